The molecule has 2 rings (SSSR count). The van der Waals surface area contributed by atoms with Crippen LogP contribution in [0.15, 0.2) is 60.3 Å². The molecule has 8 heteroatoms. The van der Waals surface area contributed by atoms with Gasteiger partial charge in [-0.15, -0.1) is 0 Å². The lowest BCUT2D eigenvalue weighted by atomic mass is 10.2. The fourth-order valence-corrected chi connectivity index (χ4v) is 2.13. The quantitative estimate of drug-likeness (QED) is 0.357. The molecule has 0 aliphatic carbocycles. The average molecular weight is 357 g/mol. The van der Waals surface area contributed by atoms with Gasteiger partial charge in [-0.2, -0.15) is 5.26 Å². The van der Waals surface area contributed by atoms with Crippen LogP contribution in [0.5, 0.6) is 0 Å². The maximum Gasteiger partial charge on any atom is 0.289 e. The van der Waals surface area contributed by atoms with E-state index in [1.807, 2.05) is 30.3 Å². The molecule has 0 bridgehead atoms. The zero-order valence-electron chi connectivity index (χ0n) is 12.9. The highest BCUT2D eigenvalue weighted by Gasteiger charge is 2.15. The first kappa shape index (κ1) is 18.0. The maximum atomic E-state index is 12.1. The molecule has 2 N–H and O–H groups in total. The molecule has 0 atom stereocenters. The number of nitro benzene ring substituents is 1. The highest BCUT2D eigenvalue weighted by Crippen LogP contribution is 2.27. The van der Waals surface area contributed by atoms with Crippen LogP contribution in [0.1, 0.15) is 5.56 Å². The van der Waals surface area contributed by atoms with Crippen molar-refractivity contribution in [2.45, 2.75) is 6.54 Å². The number of nitrogens with zero attached hydrogens (tertiary/aromatic N) is 2. The number of amides is 1. The molecule has 0 spiro atoms. The lowest BCUT2D eigenvalue weighted by Gasteiger charge is -2.06. The topological polar surface area (TPSA) is 108 Å². The summed E-state index contributed by atoms with van der Waals surface area (Å²) < 4.78 is 0. The van der Waals surface area contributed by atoms with Gasteiger partial charge in [0.1, 0.15) is 16.7 Å². The summed E-state index contributed by atoms with van der Waals surface area (Å²) in [5.41, 5.74) is 0.674. The van der Waals surface area contributed by atoms with Crippen LogP contribution in [-0.4, -0.2) is 10.8 Å². The van der Waals surface area contributed by atoms with Gasteiger partial charge in [0, 0.05) is 24.5 Å². The Morgan fingerprint density at radius 2 is 2.00 bits per heavy atom. The van der Waals surface area contributed by atoms with Crippen molar-refractivity contribution in [2.75, 3.05) is 5.32 Å². The number of carbonyl (C=O) groups is 1. The molecule has 126 valence electrons. The van der Waals surface area contributed by atoms with Crippen LogP contribution in [0.3, 0.4) is 0 Å². The monoisotopic (exact) mass is 356 g/mol. The van der Waals surface area contributed by atoms with E-state index < -0.39 is 10.8 Å². The van der Waals surface area contributed by atoms with Crippen LogP contribution in [0.2, 0.25) is 5.02 Å². The van der Waals surface area contributed by atoms with Gasteiger partial charge < -0.3 is 10.6 Å². The van der Waals surface area contributed by atoms with E-state index in [4.69, 9.17) is 16.9 Å². The van der Waals surface area contributed by atoms with Crippen LogP contribution in [0.4, 0.5) is 11.4 Å². The van der Waals surface area contributed by atoms with Crippen molar-refractivity contribution in [3.8, 4) is 6.07 Å². The van der Waals surface area contributed by atoms with E-state index >= 15 is 0 Å². The van der Waals surface area contributed by atoms with Crippen LogP contribution in [-0.2, 0) is 11.3 Å². The molecule has 7 nitrogen and oxygen atoms in total. The molecule has 25 heavy (non-hydrogen) atoms. The largest absolute Gasteiger partial charge is 0.386 e. The summed E-state index contributed by atoms with van der Waals surface area (Å²) in [6.07, 6.45) is 1.30. The van der Waals surface area contributed by atoms with Gasteiger partial charge in [0.05, 0.1) is 4.92 Å². The number of halogens is 1. The fourth-order valence-electron chi connectivity index (χ4n) is 1.94. The second kappa shape index (κ2) is 8.47. The SMILES string of the molecule is N#C/C(=C/NCc1ccccc1)C(=O)Nc1ccc(Cl)c([N+](=O)[O-])c1. The van der Waals surface area contributed by atoms with E-state index in [0.29, 0.717) is 6.54 Å². The predicted molar refractivity (Wildman–Crippen MR) is 93.7 cm³/mol. The number of carbonyl (C=O) groups excluding carboxylic acids is 1. The Balaban J connectivity index is 2.05. The predicted octanol–water partition coefficient (Wildman–Crippen LogP) is 3.38. The first-order chi connectivity index (χ1) is 12.0. The van der Waals surface area contributed by atoms with E-state index in [-0.39, 0.29) is 22.0 Å². The average Bonchev–Trinajstić information content (AvgIpc) is 2.61. The van der Waals surface area contributed by atoms with Gasteiger partial charge in [-0.3, -0.25) is 14.9 Å². The zero-order valence-corrected chi connectivity index (χ0v) is 13.7. The van der Waals surface area contributed by atoms with Crippen molar-refractivity contribution in [3.05, 3.63) is 81.0 Å². The van der Waals surface area contributed by atoms with Crippen molar-refractivity contribution in [3.63, 3.8) is 0 Å². The smallest absolute Gasteiger partial charge is 0.289 e. The summed E-state index contributed by atoms with van der Waals surface area (Å²) in [7, 11) is 0. The molecular formula is C17H13ClN4O3. The Morgan fingerprint density at radius 1 is 1.28 bits per heavy atom. The molecule has 0 saturated carbocycles. The molecule has 0 fully saturated rings. The number of hydrogen-bond acceptors (Lipinski definition) is 5. The summed E-state index contributed by atoms with van der Waals surface area (Å²) in [6, 6.07) is 15.1. The van der Waals surface area contributed by atoms with Crippen LogP contribution < -0.4 is 10.6 Å². The number of hydrogen-bond donors (Lipinski definition) is 2. The zero-order chi connectivity index (χ0) is 18.2. The minimum atomic E-state index is -0.681. The Morgan fingerprint density at radius 3 is 2.64 bits per heavy atom. The van der Waals surface area contributed by atoms with E-state index in [9.17, 15) is 14.9 Å². The van der Waals surface area contributed by atoms with Crippen molar-refractivity contribution in [2.24, 2.45) is 0 Å². The summed E-state index contributed by atoms with van der Waals surface area (Å²) in [6.45, 7) is 0.450. The molecule has 0 radical (unpaired) electrons. The standard InChI is InChI=1S/C17H13ClN4O3/c18-15-7-6-14(8-16(15)22(24)25)21-17(23)13(9-19)11-20-10-12-4-2-1-3-5-12/h1-8,11,20H,10H2,(H,21,23)/b13-11-. The highest BCUT2D eigenvalue weighted by atomic mass is 35.5. The summed E-state index contributed by atoms with van der Waals surface area (Å²) >= 11 is 5.72. The van der Waals surface area contributed by atoms with Gasteiger partial charge in [-0.05, 0) is 17.7 Å². The number of rotatable bonds is 6. The van der Waals surface area contributed by atoms with Crippen LogP contribution >= 0.6 is 11.6 Å². The van der Waals surface area contributed by atoms with Gasteiger partial charge in [-0.25, -0.2) is 0 Å². The first-order valence-electron chi connectivity index (χ1n) is 7.14. The number of nitrogens with one attached hydrogen (secondary N) is 2. The Kier molecular flexibility index (Phi) is 6.09. The lowest BCUT2D eigenvalue weighted by Crippen LogP contribution is -2.16. The molecule has 0 aromatic heterocycles. The molecule has 0 aliphatic rings. The van der Waals surface area contributed by atoms with E-state index in [2.05, 4.69) is 10.6 Å². The normalized spacial score (nSPS) is 10.6. The molecule has 0 saturated heterocycles. The number of anilines is 1. The van der Waals surface area contributed by atoms with Gasteiger partial charge in [0.25, 0.3) is 11.6 Å². The number of benzene rings is 2. The fraction of sp³-hybridized carbons (Fsp3) is 0.0588. The summed E-state index contributed by atoms with van der Waals surface area (Å²) in [5, 5.41) is 25.2. The summed E-state index contributed by atoms with van der Waals surface area (Å²) in [5.74, 6) is -0.681. The Hall–Kier alpha value is -3.37. The van der Waals surface area contributed by atoms with Gasteiger partial charge in [-0.1, -0.05) is 41.9 Å². The van der Waals surface area contributed by atoms with E-state index in [1.54, 1.807) is 6.07 Å². The minimum Gasteiger partial charge on any atom is -0.386 e. The first-order valence-corrected chi connectivity index (χ1v) is 7.52. The van der Waals surface area contributed by atoms with Gasteiger partial charge >= 0.3 is 0 Å². The number of nitriles is 1. The molecule has 0 heterocycles. The van der Waals surface area contributed by atoms with Crippen molar-refractivity contribution in [1.82, 2.24) is 5.32 Å². The lowest BCUT2D eigenvalue weighted by molar-refractivity contribution is -0.384. The second-order valence-electron chi connectivity index (χ2n) is 4.91. The third kappa shape index (κ3) is 5.06. The maximum absolute atomic E-state index is 12.1. The van der Waals surface area contributed by atoms with Crippen molar-refractivity contribution in [1.29, 1.82) is 5.26 Å². The molecule has 0 aliphatic heterocycles. The van der Waals surface area contributed by atoms with Crippen LogP contribution in [0.25, 0.3) is 0 Å². The highest BCUT2D eigenvalue weighted by molar-refractivity contribution is 6.32. The molecule has 1 amide bonds. The van der Waals surface area contributed by atoms with Crippen LogP contribution in [0, 0.1) is 21.4 Å². The minimum absolute atomic E-state index is 0.0384. The van der Waals surface area contributed by atoms with Crippen molar-refractivity contribution < 1.29 is 9.72 Å². The van der Waals surface area contributed by atoms with Gasteiger partial charge in [0.2, 0.25) is 0 Å². The van der Waals surface area contributed by atoms with Gasteiger partial charge in [0.15, 0.2) is 0 Å². The van der Waals surface area contributed by atoms with E-state index in [1.165, 1.54) is 18.3 Å². The number of nitro groups is 1. The third-order valence-corrected chi connectivity index (χ3v) is 3.48. The Bertz CT molecular complexity index is 860. The Labute approximate surface area is 148 Å². The third-order valence-electron chi connectivity index (χ3n) is 3.16. The summed E-state index contributed by atoms with van der Waals surface area (Å²) in [4.78, 5) is 22.3. The second-order valence-corrected chi connectivity index (χ2v) is 5.32. The molecule has 2 aromatic carbocycles. The van der Waals surface area contributed by atoms with Crippen molar-refractivity contribution >= 4 is 28.9 Å². The molecule has 0 unspecified atom stereocenters. The molecule has 2 aromatic rings. The molecular weight excluding hydrogens is 344 g/mol. The van der Waals surface area contributed by atoms with E-state index in [0.717, 1.165) is 11.6 Å².